The lowest BCUT2D eigenvalue weighted by molar-refractivity contribution is -0.146. The van der Waals surface area contributed by atoms with Crippen LogP contribution >= 0.6 is 0 Å². The van der Waals surface area contributed by atoms with Gasteiger partial charge in [-0.2, -0.15) is 13.2 Å². The van der Waals surface area contributed by atoms with Crippen molar-refractivity contribution in [3.05, 3.63) is 41.5 Å². The molecule has 0 aromatic heterocycles. The van der Waals surface area contributed by atoms with E-state index in [9.17, 15) is 31.9 Å². The Morgan fingerprint density at radius 1 is 0.974 bits per heavy atom. The van der Waals surface area contributed by atoms with Gasteiger partial charge in [0.2, 0.25) is 5.92 Å². The molecule has 39 heavy (non-hydrogen) atoms. The molecule has 2 aromatic carbocycles. The van der Waals surface area contributed by atoms with Crippen LogP contribution in [0.3, 0.4) is 0 Å². The number of nitrogens with zero attached hydrogens (tertiary/aromatic N) is 1. The summed E-state index contributed by atoms with van der Waals surface area (Å²) in [6.07, 6.45) is 0.953. The molecule has 214 valence electrons. The van der Waals surface area contributed by atoms with Crippen molar-refractivity contribution >= 4 is 16.7 Å². The second-order valence-corrected chi connectivity index (χ2v) is 11.8. The first-order valence-electron chi connectivity index (χ1n) is 14.1. The van der Waals surface area contributed by atoms with Gasteiger partial charge in [0.05, 0.1) is 12.0 Å². The van der Waals surface area contributed by atoms with Gasteiger partial charge in [0, 0.05) is 24.5 Å². The quantitative estimate of drug-likeness (QED) is 0.357. The molecule has 4 nitrogen and oxygen atoms in total. The van der Waals surface area contributed by atoms with Crippen LogP contribution in [-0.2, 0) is 17.4 Å². The van der Waals surface area contributed by atoms with E-state index in [0.29, 0.717) is 37.5 Å². The second-order valence-electron chi connectivity index (χ2n) is 11.8. The van der Waals surface area contributed by atoms with Gasteiger partial charge >= 0.3 is 12.1 Å². The normalized spacial score (nSPS) is 28.4. The summed E-state index contributed by atoms with van der Waals surface area (Å²) in [6.45, 7) is 1.64. The molecule has 2 atom stereocenters. The Morgan fingerprint density at radius 3 is 2.23 bits per heavy atom. The summed E-state index contributed by atoms with van der Waals surface area (Å²) < 4.78 is 75.8. The summed E-state index contributed by atoms with van der Waals surface area (Å²) in [6, 6.07) is 8.52. The maximum Gasteiger partial charge on any atom is 0.420 e. The average molecular weight is 554 g/mol. The van der Waals surface area contributed by atoms with Crippen molar-refractivity contribution in [3.8, 4) is 5.75 Å². The van der Waals surface area contributed by atoms with Crippen molar-refractivity contribution in [3.63, 3.8) is 0 Å². The molecule has 3 fully saturated rings. The van der Waals surface area contributed by atoms with Crippen LogP contribution in [0.1, 0.15) is 75.8 Å². The van der Waals surface area contributed by atoms with E-state index in [1.54, 1.807) is 18.2 Å². The molecule has 2 unspecified atom stereocenters. The molecule has 1 saturated carbocycles. The van der Waals surface area contributed by atoms with Crippen LogP contribution in [0.25, 0.3) is 10.8 Å². The molecule has 2 saturated heterocycles. The number of hydrogen-bond acceptors (Lipinski definition) is 3. The van der Waals surface area contributed by atoms with Gasteiger partial charge in [0.1, 0.15) is 11.3 Å². The first kappa shape index (κ1) is 28.1. The van der Waals surface area contributed by atoms with Crippen molar-refractivity contribution in [2.75, 3.05) is 6.54 Å². The summed E-state index contributed by atoms with van der Waals surface area (Å²) in [7, 11) is 0. The van der Waals surface area contributed by atoms with Crippen molar-refractivity contribution < 1.29 is 36.6 Å². The number of piperidine rings is 2. The van der Waals surface area contributed by atoms with E-state index in [4.69, 9.17) is 4.74 Å². The van der Waals surface area contributed by atoms with Crippen LogP contribution in [0, 0.1) is 11.8 Å². The van der Waals surface area contributed by atoms with E-state index >= 15 is 0 Å². The van der Waals surface area contributed by atoms with Gasteiger partial charge in [-0.05, 0) is 87.1 Å². The molecule has 5 rings (SSSR count). The number of carboxylic acid groups (broad SMARTS) is 1. The highest BCUT2D eigenvalue weighted by Crippen LogP contribution is 2.44. The minimum atomic E-state index is -4.63. The number of hydrogen-bond donors (Lipinski definition) is 1. The smallest absolute Gasteiger partial charge is 0.420 e. The topological polar surface area (TPSA) is 49.8 Å². The van der Waals surface area contributed by atoms with Crippen LogP contribution in [0.2, 0.25) is 0 Å². The number of fused-ring (bicyclic) bond motifs is 3. The fourth-order valence-corrected chi connectivity index (χ4v) is 7.08. The lowest BCUT2D eigenvalue weighted by Crippen LogP contribution is -2.53. The summed E-state index contributed by atoms with van der Waals surface area (Å²) in [4.78, 5) is 14.0. The number of alkyl halides is 5. The zero-order valence-corrected chi connectivity index (χ0v) is 22.2. The van der Waals surface area contributed by atoms with Crippen molar-refractivity contribution in [2.45, 2.75) is 101 Å². The van der Waals surface area contributed by atoms with Gasteiger partial charge in [-0.3, -0.25) is 9.69 Å². The minimum absolute atomic E-state index is 0.0664. The molecule has 0 spiro atoms. The van der Waals surface area contributed by atoms with Crippen LogP contribution in [0.4, 0.5) is 22.0 Å². The predicted octanol–water partition coefficient (Wildman–Crippen LogP) is 7.71. The van der Waals surface area contributed by atoms with E-state index in [1.807, 2.05) is 0 Å². The van der Waals surface area contributed by atoms with Gasteiger partial charge in [-0.25, -0.2) is 8.78 Å². The highest BCUT2D eigenvalue weighted by atomic mass is 19.4. The predicted molar refractivity (Wildman–Crippen MR) is 138 cm³/mol. The number of aliphatic carboxylic acids is 1. The standard InChI is InChI=1S/C30H36F5NO3/c1-29(31,32)21-7-9-24(10-8-21)39-26-12-6-19-15-18(5-11-25(19)27(26)30(33,34)35)13-14-36-22-3-2-4-23(36)17-20(16-22)28(37)38/h5-6,11-12,15,20-24H,2-4,7-10,13-14,16-17H2,1H3,(H,37,38). The van der Waals surface area contributed by atoms with Crippen molar-refractivity contribution in [1.29, 1.82) is 0 Å². The van der Waals surface area contributed by atoms with Gasteiger partial charge in [0.15, 0.2) is 0 Å². The molecule has 2 bridgehead atoms. The largest absolute Gasteiger partial charge is 0.490 e. The molecule has 1 N–H and O–H groups in total. The van der Waals surface area contributed by atoms with Crippen LogP contribution in [0.5, 0.6) is 5.75 Å². The van der Waals surface area contributed by atoms with E-state index < -0.39 is 35.7 Å². The number of halogens is 5. The molecule has 0 amide bonds. The lowest BCUT2D eigenvalue weighted by atomic mass is 9.78. The minimum Gasteiger partial charge on any atom is -0.490 e. The summed E-state index contributed by atoms with van der Waals surface area (Å²) in [5.74, 6) is -4.82. The Kier molecular flexibility index (Phi) is 7.83. The number of carboxylic acids is 1. The molecule has 0 radical (unpaired) electrons. The molecular weight excluding hydrogens is 517 g/mol. The van der Waals surface area contributed by atoms with Crippen LogP contribution in [-0.4, -0.2) is 46.6 Å². The monoisotopic (exact) mass is 553 g/mol. The Bertz CT molecular complexity index is 1170. The number of carbonyl (C=O) groups is 1. The fourth-order valence-electron chi connectivity index (χ4n) is 7.08. The van der Waals surface area contributed by atoms with Crippen molar-refractivity contribution in [2.24, 2.45) is 11.8 Å². The van der Waals surface area contributed by atoms with Gasteiger partial charge in [-0.1, -0.05) is 30.7 Å². The first-order valence-corrected chi connectivity index (χ1v) is 14.1. The van der Waals surface area contributed by atoms with E-state index in [0.717, 1.165) is 38.3 Å². The first-order chi connectivity index (χ1) is 18.4. The molecule has 2 aliphatic heterocycles. The zero-order chi connectivity index (χ0) is 27.9. The van der Waals surface area contributed by atoms with E-state index in [2.05, 4.69) is 4.90 Å². The highest BCUT2D eigenvalue weighted by Gasteiger charge is 2.41. The summed E-state index contributed by atoms with van der Waals surface area (Å²) in [5.41, 5.74) is 0.112. The van der Waals surface area contributed by atoms with Gasteiger partial charge in [0.25, 0.3) is 0 Å². The third-order valence-electron chi connectivity index (χ3n) is 9.15. The van der Waals surface area contributed by atoms with E-state index in [1.165, 1.54) is 12.1 Å². The molecule has 2 aromatic rings. The summed E-state index contributed by atoms with van der Waals surface area (Å²) >= 11 is 0. The number of ether oxygens (including phenoxy) is 1. The number of rotatable bonds is 7. The summed E-state index contributed by atoms with van der Waals surface area (Å²) in [5, 5.41) is 10.0. The van der Waals surface area contributed by atoms with Gasteiger partial charge in [-0.15, -0.1) is 0 Å². The lowest BCUT2D eigenvalue weighted by Gasteiger charge is -2.48. The molecule has 2 heterocycles. The Hall–Kier alpha value is -2.42. The van der Waals surface area contributed by atoms with Crippen molar-refractivity contribution in [1.82, 2.24) is 4.90 Å². The number of benzene rings is 2. The molecule has 1 aliphatic carbocycles. The SMILES string of the molecule is CC(F)(F)C1CCC(Oc2ccc3cc(CCN4C5CCCC4CC(C(=O)O)C5)ccc3c2C(F)(F)F)CC1. The second kappa shape index (κ2) is 10.9. The maximum atomic E-state index is 14.2. The molecular formula is C30H36F5NO3. The average Bonchev–Trinajstić information content (AvgIpc) is 2.85. The molecule has 9 heteroatoms. The highest BCUT2D eigenvalue weighted by molar-refractivity contribution is 5.89. The Morgan fingerprint density at radius 2 is 1.64 bits per heavy atom. The third kappa shape index (κ3) is 6.18. The Balaban J connectivity index is 1.30. The van der Waals surface area contributed by atoms with Crippen LogP contribution in [0.15, 0.2) is 30.3 Å². The van der Waals surface area contributed by atoms with Crippen LogP contribution < -0.4 is 4.74 Å². The van der Waals surface area contributed by atoms with E-state index in [-0.39, 0.29) is 42.0 Å². The van der Waals surface area contributed by atoms with Gasteiger partial charge < -0.3 is 9.84 Å². The third-order valence-corrected chi connectivity index (χ3v) is 9.15. The Labute approximate surface area is 225 Å². The fraction of sp³-hybridized carbons (Fsp3) is 0.633. The molecule has 3 aliphatic rings. The maximum absolute atomic E-state index is 14.2. The zero-order valence-electron chi connectivity index (χ0n) is 22.2.